The molecule has 1 aromatic heterocycles. The Balaban J connectivity index is 1.90. The van der Waals surface area contributed by atoms with Gasteiger partial charge in [0.05, 0.1) is 25.6 Å². The molecule has 0 aliphatic heterocycles. The molecule has 0 unspecified atom stereocenters. The molecule has 0 aliphatic carbocycles. The number of hydrogen-bond donors (Lipinski definition) is 4. The third-order valence-electron chi connectivity index (χ3n) is 5.72. The van der Waals surface area contributed by atoms with Crippen LogP contribution in [0, 0.1) is 6.92 Å². The number of alkyl halides is 3. The topological polar surface area (TPSA) is 139 Å². The van der Waals surface area contributed by atoms with Crippen molar-refractivity contribution in [1.82, 2.24) is 9.88 Å². The van der Waals surface area contributed by atoms with E-state index in [9.17, 15) is 37.8 Å². The summed E-state index contributed by atoms with van der Waals surface area (Å²) in [4.78, 5) is 37.6. The average molecular weight is 598 g/mol. The highest BCUT2D eigenvalue weighted by Gasteiger charge is 2.29. The van der Waals surface area contributed by atoms with Crippen LogP contribution in [0.4, 0.5) is 23.7 Å². The highest BCUT2D eigenvalue weighted by molar-refractivity contribution is 6.31. The first-order valence-corrected chi connectivity index (χ1v) is 12.6. The van der Waals surface area contributed by atoms with Crippen LogP contribution in [0.2, 0.25) is 5.02 Å². The molecule has 0 aliphatic rings. The van der Waals surface area contributed by atoms with E-state index in [4.69, 9.17) is 21.1 Å². The SMILES string of the molecule is CCOc1cccc([C@H](CC(=O)O)NC(=O)Nc2c(O)c(C)cn(Cc3c(Cl)cccc3OCC(F)(F)F)c2=O)c1. The number of ether oxygens (including phenoxy) is 2. The van der Waals surface area contributed by atoms with Crippen molar-refractivity contribution >= 4 is 29.3 Å². The van der Waals surface area contributed by atoms with Gasteiger partial charge in [-0.3, -0.25) is 9.59 Å². The maximum absolute atomic E-state index is 13.3. The minimum atomic E-state index is -4.61. The van der Waals surface area contributed by atoms with E-state index >= 15 is 0 Å². The van der Waals surface area contributed by atoms with E-state index < -0.39 is 54.2 Å². The van der Waals surface area contributed by atoms with Crippen molar-refractivity contribution in [2.24, 2.45) is 0 Å². The summed E-state index contributed by atoms with van der Waals surface area (Å²) in [5.74, 6) is -1.51. The standard InChI is InChI=1S/C27H27ClF3N3O7/c1-3-40-17-7-4-6-16(10-17)20(11-22(35)36)32-26(39)33-23-24(37)15(2)12-34(25(23)38)13-18-19(28)8-5-9-21(18)41-14-27(29,30)31/h4-10,12,20,37H,3,11,13-14H2,1-2H3,(H,35,36)(H2,32,33,39)/t20-/m0/s1. The molecule has 10 nitrogen and oxygen atoms in total. The number of amides is 2. The molecular formula is C27H27ClF3N3O7. The summed E-state index contributed by atoms with van der Waals surface area (Å²) < 4.78 is 49.5. The quantitative estimate of drug-likeness (QED) is 0.237. The van der Waals surface area contributed by atoms with Crippen molar-refractivity contribution in [3.63, 3.8) is 0 Å². The summed E-state index contributed by atoms with van der Waals surface area (Å²) in [6, 6.07) is 8.49. The molecule has 3 aromatic rings. The Morgan fingerprint density at radius 1 is 1.15 bits per heavy atom. The lowest BCUT2D eigenvalue weighted by atomic mass is 10.0. The number of urea groups is 1. The molecule has 0 fully saturated rings. The number of benzene rings is 2. The highest BCUT2D eigenvalue weighted by atomic mass is 35.5. The molecule has 3 rings (SSSR count). The number of carboxylic acid groups (broad SMARTS) is 1. The number of hydrogen-bond acceptors (Lipinski definition) is 6. The fraction of sp³-hybridized carbons (Fsp3) is 0.296. The number of carboxylic acids is 1. The summed E-state index contributed by atoms with van der Waals surface area (Å²) in [5.41, 5.74) is -0.806. The normalized spacial score (nSPS) is 12.0. The van der Waals surface area contributed by atoms with Crippen LogP contribution in [0.5, 0.6) is 17.2 Å². The Morgan fingerprint density at radius 3 is 2.51 bits per heavy atom. The van der Waals surface area contributed by atoms with Gasteiger partial charge < -0.3 is 34.9 Å². The van der Waals surface area contributed by atoms with E-state index in [1.54, 1.807) is 31.2 Å². The number of rotatable bonds is 11. The summed E-state index contributed by atoms with van der Waals surface area (Å²) in [5, 5.41) is 24.7. The minimum absolute atomic E-state index is 0.0281. The minimum Gasteiger partial charge on any atom is -0.505 e. The Labute approximate surface area is 237 Å². The van der Waals surface area contributed by atoms with Crippen LogP contribution >= 0.6 is 11.6 Å². The van der Waals surface area contributed by atoms with E-state index in [0.717, 1.165) is 4.57 Å². The summed E-state index contributed by atoms with van der Waals surface area (Å²) >= 11 is 6.20. The van der Waals surface area contributed by atoms with Gasteiger partial charge in [0.2, 0.25) is 0 Å². The van der Waals surface area contributed by atoms with Crippen molar-refractivity contribution in [3.8, 4) is 17.2 Å². The van der Waals surface area contributed by atoms with Gasteiger partial charge in [0, 0.05) is 22.3 Å². The number of pyridine rings is 1. The van der Waals surface area contributed by atoms with E-state index in [2.05, 4.69) is 10.6 Å². The van der Waals surface area contributed by atoms with Crippen molar-refractivity contribution < 1.29 is 42.4 Å². The number of nitrogens with one attached hydrogen (secondary N) is 2. The van der Waals surface area contributed by atoms with Crippen molar-refractivity contribution in [1.29, 1.82) is 0 Å². The number of anilines is 1. The Morgan fingerprint density at radius 2 is 1.85 bits per heavy atom. The van der Waals surface area contributed by atoms with Gasteiger partial charge in [0.15, 0.2) is 12.3 Å². The zero-order valence-electron chi connectivity index (χ0n) is 21.9. The molecule has 2 aromatic carbocycles. The van der Waals surface area contributed by atoms with Crippen molar-refractivity contribution in [2.75, 3.05) is 18.5 Å². The van der Waals surface area contributed by atoms with Crippen LogP contribution in [-0.4, -0.2) is 46.2 Å². The first-order chi connectivity index (χ1) is 19.3. The number of aromatic hydroxyl groups is 1. The third-order valence-corrected chi connectivity index (χ3v) is 6.08. The van der Waals surface area contributed by atoms with E-state index in [0.29, 0.717) is 17.9 Å². The van der Waals surface area contributed by atoms with Gasteiger partial charge in [-0.15, -0.1) is 0 Å². The Bertz CT molecular complexity index is 1480. The molecule has 1 heterocycles. The fourth-order valence-corrected chi connectivity index (χ4v) is 4.13. The molecule has 2 amide bonds. The molecule has 41 heavy (non-hydrogen) atoms. The highest BCUT2D eigenvalue weighted by Crippen LogP contribution is 2.30. The summed E-state index contributed by atoms with van der Waals surface area (Å²) in [6.45, 7) is 1.64. The van der Waals surface area contributed by atoms with Crippen LogP contribution in [0.25, 0.3) is 0 Å². The van der Waals surface area contributed by atoms with Crippen LogP contribution in [-0.2, 0) is 11.3 Å². The summed E-state index contributed by atoms with van der Waals surface area (Å²) in [6.07, 6.45) is -3.87. The van der Waals surface area contributed by atoms with Gasteiger partial charge in [-0.2, -0.15) is 13.2 Å². The predicted molar refractivity (Wildman–Crippen MR) is 144 cm³/mol. The van der Waals surface area contributed by atoms with E-state index in [1.807, 2.05) is 0 Å². The van der Waals surface area contributed by atoms with E-state index in [-0.39, 0.29) is 28.4 Å². The number of carbonyl (C=O) groups excluding carboxylic acids is 1. The second-order valence-corrected chi connectivity index (χ2v) is 9.25. The molecule has 1 atom stereocenters. The first-order valence-electron chi connectivity index (χ1n) is 12.2. The van der Waals surface area contributed by atoms with Gasteiger partial charge in [0.1, 0.15) is 17.2 Å². The number of halogens is 4. The third kappa shape index (κ3) is 8.55. The smallest absolute Gasteiger partial charge is 0.422 e. The number of aromatic nitrogens is 1. The van der Waals surface area contributed by atoms with E-state index in [1.165, 1.54) is 31.3 Å². The molecule has 0 saturated heterocycles. The van der Waals surface area contributed by atoms with Crippen molar-refractivity contribution in [3.05, 3.63) is 80.7 Å². The van der Waals surface area contributed by atoms with Crippen molar-refractivity contribution in [2.45, 2.75) is 39.0 Å². The van der Waals surface area contributed by atoms with Gasteiger partial charge in [0.25, 0.3) is 5.56 Å². The number of aryl methyl sites for hydroxylation is 1. The molecule has 0 spiro atoms. The van der Waals surface area contributed by atoms with Crippen LogP contribution in [0.3, 0.4) is 0 Å². The lowest BCUT2D eigenvalue weighted by Gasteiger charge is -2.20. The molecule has 4 N–H and O–H groups in total. The number of carbonyl (C=O) groups is 2. The zero-order chi connectivity index (χ0) is 30.3. The van der Waals surface area contributed by atoms with Gasteiger partial charge in [-0.1, -0.05) is 29.8 Å². The molecule has 220 valence electrons. The van der Waals surface area contributed by atoms with Crippen LogP contribution < -0.4 is 25.7 Å². The second-order valence-electron chi connectivity index (χ2n) is 8.84. The molecule has 0 bridgehead atoms. The Hall–Kier alpha value is -4.39. The Kier molecular flexibility index (Phi) is 10.1. The largest absolute Gasteiger partial charge is 0.505 e. The predicted octanol–water partition coefficient (Wildman–Crippen LogP) is 5.24. The molecule has 0 saturated carbocycles. The zero-order valence-corrected chi connectivity index (χ0v) is 22.7. The van der Waals surface area contributed by atoms with Gasteiger partial charge in [-0.25, -0.2) is 4.79 Å². The maximum Gasteiger partial charge on any atom is 0.422 e. The fourth-order valence-electron chi connectivity index (χ4n) is 3.91. The first kappa shape index (κ1) is 31.1. The maximum atomic E-state index is 13.3. The number of nitrogens with zero attached hydrogens (tertiary/aromatic N) is 1. The lowest BCUT2D eigenvalue weighted by molar-refractivity contribution is -0.153. The van der Waals surface area contributed by atoms with Gasteiger partial charge >= 0.3 is 18.2 Å². The molecule has 0 radical (unpaired) electrons. The second kappa shape index (κ2) is 13.3. The van der Waals surface area contributed by atoms with Crippen LogP contribution in [0.15, 0.2) is 53.5 Å². The summed E-state index contributed by atoms with van der Waals surface area (Å²) in [7, 11) is 0. The average Bonchev–Trinajstić information content (AvgIpc) is 2.89. The molecule has 14 heteroatoms. The van der Waals surface area contributed by atoms with Gasteiger partial charge in [-0.05, 0) is 43.7 Å². The number of aliphatic carboxylic acids is 1. The van der Waals surface area contributed by atoms with Crippen LogP contribution in [0.1, 0.15) is 36.1 Å². The lowest BCUT2D eigenvalue weighted by Crippen LogP contribution is -2.36. The molecular weight excluding hydrogens is 571 g/mol. The monoisotopic (exact) mass is 597 g/mol.